The van der Waals surface area contributed by atoms with Gasteiger partial charge in [-0.05, 0) is 71.5 Å². The summed E-state index contributed by atoms with van der Waals surface area (Å²) in [4.78, 5) is 12.1. The van der Waals surface area contributed by atoms with E-state index in [1.54, 1.807) is 0 Å². The molecule has 90 valence electrons. The molecule has 0 aromatic heterocycles. The molecule has 0 aliphatic heterocycles. The van der Waals surface area contributed by atoms with Gasteiger partial charge >= 0.3 is 0 Å². The van der Waals surface area contributed by atoms with Crippen LogP contribution in [0.5, 0.6) is 0 Å². The minimum absolute atomic E-state index is 0.239. The Bertz CT molecular complexity index is 416. The molecule has 0 radical (unpaired) electrons. The molecule has 17 heavy (non-hydrogen) atoms. The summed E-state index contributed by atoms with van der Waals surface area (Å²) in [5.41, 5.74) is 0.930. The third-order valence-corrected chi connectivity index (χ3v) is 4.79. The van der Waals surface area contributed by atoms with Crippen LogP contribution in [0.2, 0.25) is 0 Å². The van der Waals surface area contributed by atoms with E-state index < -0.39 is 0 Å². The van der Waals surface area contributed by atoms with Crippen LogP contribution < -0.4 is 5.32 Å². The monoisotopic (exact) mass is 341 g/mol. The van der Waals surface area contributed by atoms with Crippen LogP contribution in [0.25, 0.3) is 0 Å². The molecule has 2 aliphatic rings. The Kier molecular flexibility index (Phi) is 3.11. The molecule has 0 spiro atoms. The van der Waals surface area contributed by atoms with Crippen LogP contribution in [0.3, 0.4) is 0 Å². The van der Waals surface area contributed by atoms with Crippen LogP contribution in [0.4, 0.5) is 5.69 Å². The van der Waals surface area contributed by atoms with E-state index in [2.05, 4.69) is 27.9 Å². The summed E-state index contributed by atoms with van der Waals surface area (Å²) in [7, 11) is 0. The maximum Gasteiger partial charge on any atom is 0.228 e. The minimum Gasteiger partial charge on any atom is -0.326 e. The number of anilines is 1. The van der Waals surface area contributed by atoms with Gasteiger partial charge in [0.2, 0.25) is 5.91 Å². The number of amides is 1. The molecule has 1 aromatic carbocycles. The first-order valence-electron chi connectivity index (χ1n) is 6.32. The zero-order chi connectivity index (χ0) is 11.8. The van der Waals surface area contributed by atoms with E-state index >= 15 is 0 Å². The number of nitrogens with one attached hydrogen (secondary N) is 1. The smallest absolute Gasteiger partial charge is 0.228 e. The summed E-state index contributed by atoms with van der Waals surface area (Å²) in [6.07, 6.45) is 5.15. The van der Waals surface area contributed by atoms with Gasteiger partial charge in [-0.15, -0.1) is 0 Å². The quantitative estimate of drug-likeness (QED) is 0.818. The summed E-state index contributed by atoms with van der Waals surface area (Å²) >= 11 is 2.27. The van der Waals surface area contributed by atoms with E-state index in [-0.39, 0.29) is 5.91 Å². The topological polar surface area (TPSA) is 29.1 Å². The third-order valence-electron chi connectivity index (χ3n) is 4.07. The van der Waals surface area contributed by atoms with Crippen molar-refractivity contribution < 1.29 is 4.79 Å². The zero-order valence-corrected chi connectivity index (χ0v) is 11.8. The van der Waals surface area contributed by atoms with Crippen molar-refractivity contribution in [2.24, 2.45) is 17.8 Å². The maximum atomic E-state index is 12.1. The molecule has 3 heteroatoms. The van der Waals surface area contributed by atoms with Gasteiger partial charge in [-0.1, -0.05) is 12.8 Å². The van der Waals surface area contributed by atoms with Gasteiger partial charge in [-0.2, -0.15) is 0 Å². The molecular weight excluding hydrogens is 325 g/mol. The molecule has 0 heterocycles. The van der Waals surface area contributed by atoms with E-state index in [1.165, 1.54) is 29.3 Å². The summed E-state index contributed by atoms with van der Waals surface area (Å²) < 4.78 is 1.20. The summed E-state index contributed by atoms with van der Waals surface area (Å²) in [5, 5.41) is 3.05. The van der Waals surface area contributed by atoms with Crippen LogP contribution in [0, 0.1) is 21.3 Å². The van der Waals surface area contributed by atoms with Crippen molar-refractivity contribution in [3.05, 3.63) is 27.8 Å². The molecule has 0 saturated heterocycles. The van der Waals surface area contributed by atoms with Crippen molar-refractivity contribution in [1.29, 1.82) is 0 Å². The SMILES string of the molecule is O=C(Nc1ccc(I)cc1)C1[C@@H]2CCCC[C@@H]12. The average Bonchev–Trinajstić information content (AvgIpc) is 3.06. The minimum atomic E-state index is 0.239. The Morgan fingerprint density at radius 2 is 1.71 bits per heavy atom. The lowest BCUT2D eigenvalue weighted by molar-refractivity contribution is -0.117. The molecule has 1 amide bonds. The molecule has 1 aromatic rings. The highest BCUT2D eigenvalue weighted by molar-refractivity contribution is 14.1. The highest BCUT2D eigenvalue weighted by Crippen LogP contribution is 2.55. The number of fused-ring (bicyclic) bond motifs is 1. The number of hydrogen-bond acceptors (Lipinski definition) is 1. The number of halogens is 1. The zero-order valence-electron chi connectivity index (χ0n) is 9.66. The normalized spacial score (nSPS) is 30.5. The molecule has 0 unspecified atom stereocenters. The van der Waals surface area contributed by atoms with Gasteiger partial charge in [0.05, 0.1) is 0 Å². The summed E-state index contributed by atoms with van der Waals surface area (Å²) in [6.45, 7) is 0. The predicted molar refractivity (Wildman–Crippen MR) is 76.7 cm³/mol. The van der Waals surface area contributed by atoms with Crippen LogP contribution in [-0.2, 0) is 4.79 Å². The molecule has 2 fully saturated rings. The van der Waals surface area contributed by atoms with E-state index in [4.69, 9.17) is 0 Å². The Morgan fingerprint density at radius 3 is 2.29 bits per heavy atom. The molecule has 3 rings (SSSR count). The van der Waals surface area contributed by atoms with Gasteiger partial charge in [0.15, 0.2) is 0 Å². The molecule has 2 nitrogen and oxygen atoms in total. The lowest BCUT2D eigenvalue weighted by atomic mass is 10.0. The fraction of sp³-hybridized carbons (Fsp3) is 0.500. The highest BCUT2D eigenvalue weighted by atomic mass is 127. The Balaban J connectivity index is 1.62. The van der Waals surface area contributed by atoms with Gasteiger partial charge in [-0.3, -0.25) is 4.79 Å². The van der Waals surface area contributed by atoms with E-state index in [1.807, 2.05) is 24.3 Å². The Labute approximate surface area is 115 Å². The van der Waals surface area contributed by atoms with Gasteiger partial charge < -0.3 is 5.32 Å². The Morgan fingerprint density at radius 1 is 1.12 bits per heavy atom. The van der Waals surface area contributed by atoms with E-state index in [0.29, 0.717) is 17.8 Å². The number of carbonyl (C=O) groups is 1. The van der Waals surface area contributed by atoms with Crippen molar-refractivity contribution in [2.45, 2.75) is 25.7 Å². The van der Waals surface area contributed by atoms with Crippen molar-refractivity contribution in [2.75, 3.05) is 5.32 Å². The van der Waals surface area contributed by atoms with Crippen LogP contribution >= 0.6 is 22.6 Å². The van der Waals surface area contributed by atoms with Crippen LogP contribution in [-0.4, -0.2) is 5.91 Å². The van der Waals surface area contributed by atoms with Gasteiger partial charge in [-0.25, -0.2) is 0 Å². The first kappa shape index (κ1) is 11.5. The molecule has 2 saturated carbocycles. The fourth-order valence-electron chi connectivity index (χ4n) is 3.14. The first-order chi connectivity index (χ1) is 8.25. The van der Waals surface area contributed by atoms with Crippen molar-refractivity contribution in [3.8, 4) is 0 Å². The van der Waals surface area contributed by atoms with Gasteiger partial charge in [0.1, 0.15) is 0 Å². The predicted octanol–water partition coefficient (Wildman–Crippen LogP) is 3.67. The highest BCUT2D eigenvalue weighted by Gasteiger charge is 2.54. The second-order valence-corrected chi connectivity index (χ2v) is 6.38. The van der Waals surface area contributed by atoms with E-state index in [9.17, 15) is 4.79 Å². The maximum absolute atomic E-state index is 12.1. The second-order valence-electron chi connectivity index (χ2n) is 5.13. The number of carbonyl (C=O) groups excluding carboxylic acids is 1. The molecule has 1 N–H and O–H groups in total. The van der Waals surface area contributed by atoms with Gasteiger partial charge in [0.25, 0.3) is 0 Å². The summed E-state index contributed by atoms with van der Waals surface area (Å²) in [6, 6.07) is 8.00. The third kappa shape index (κ3) is 2.34. The number of hydrogen-bond donors (Lipinski definition) is 1. The van der Waals surface area contributed by atoms with Crippen molar-refractivity contribution in [3.63, 3.8) is 0 Å². The fourth-order valence-corrected chi connectivity index (χ4v) is 3.50. The largest absolute Gasteiger partial charge is 0.326 e. The Hall–Kier alpha value is -0.580. The second kappa shape index (κ2) is 4.59. The molecule has 2 aliphatic carbocycles. The van der Waals surface area contributed by atoms with Crippen molar-refractivity contribution >= 4 is 34.2 Å². The van der Waals surface area contributed by atoms with E-state index in [0.717, 1.165) is 5.69 Å². The summed E-state index contributed by atoms with van der Waals surface area (Å²) in [5.74, 6) is 1.92. The lowest BCUT2D eigenvalue weighted by Crippen LogP contribution is -2.15. The average molecular weight is 341 g/mol. The molecule has 0 bridgehead atoms. The standard InChI is InChI=1S/C14H16INO/c15-9-5-7-10(8-6-9)16-14(17)13-11-3-1-2-4-12(11)13/h5-8,11-13H,1-4H2,(H,16,17)/t11-,12-/m1/s1. The van der Waals surface area contributed by atoms with Crippen molar-refractivity contribution in [1.82, 2.24) is 0 Å². The van der Waals surface area contributed by atoms with Gasteiger partial charge in [0, 0.05) is 15.2 Å². The number of benzene rings is 1. The molecular formula is C14H16INO. The first-order valence-corrected chi connectivity index (χ1v) is 7.40. The number of rotatable bonds is 2. The molecule has 2 atom stereocenters. The van der Waals surface area contributed by atoms with Crippen LogP contribution in [0.15, 0.2) is 24.3 Å². The van der Waals surface area contributed by atoms with Crippen LogP contribution in [0.1, 0.15) is 25.7 Å². The lowest BCUT2D eigenvalue weighted by Gasteiger charge is -2.04.